The van der Waals surface area contributed by atoms with Gasteiger partial charge in [-0.2, -0.15) is 5.10 Å². The molecule has 1 aromatic carbocycles. The minimum absolute atomic E-state index is 0.471. The molecule has 2 heterocycles. The molecule has 0 aliphatic heterocycles. The third-order valence-electron chi connectivity index (χ3n) is 3.04. The molecular formula is C15H14N4. The zero-order valence-electron chi connectivity index (χ0n) is 10.4. The Morgan fingerprint density at radius 1 is 1.00 bits per heavy atom. The third kappa shape index (κ3) is 2.26. The number of aromatic nitrogens is 3. The van der Waals surface area contributed by atoms with E-state index in [0.29, 0.717) is 6.54 Å². The van der Waals surface area contributed by atoms with Gasteiger partial charge in [-0.15, -0.1) is 0 Å². The summed E-state index contributed by atoms with van der Waals surface area (Å²) >= 11 is 0. The highest BCUT2D eigenvalue weighted by atomic mass is 15.3. The van der Waals surface area contributed by atoms with E-state index in [4.69, 9.17) is 5.73 Å². The molecule has 2 aromatic heterocycles. The number of pyridine rings is 1. The van der Waals surface area contributed by atoms with Crippen LogP contribution in [0, 0.1) is 0 Å². The summed E-state index contributed by atoms with van der Waals surface area (Å²) in [6.07, 6.45) is 7.37. The zero-order valence-corrected chi connectivity index (χ0v) is 10.4. The molecular weight excluding hydrogens is 236 g/mol. The predicted octanol–water partition coefficient (Wildman–Crippen LogP) is 2.39. The normalized spacial score (nSPS) is 10.6. The average Bonchev–Trinajstić information content (AvgIpc) is 2.98. The highest BCUT2D eigenvalue weighted by Crippen LogP contribution is 2.20. The van der Waals surface area contributed by atoms with Crippen LogP contribution in [0.3, 0.4) is 0 Å². The van der Waals surface area contributed by atoms with Crippen LogP contribution in [0.1, 0.15) is 5.56 Å². The summed E-state index contributed by atoms with van der Waals surface area (Å²) in [6.45, 7) is 0.471. The van der Waals surface area contributed by atoms with Crippen molar-refractivity contribution in [1.82, 2.24) is 14.8 Å². The second-order valence-electron chi connectivity index (χ2n) is 4.25. The molecule has 0 radical (unpaired) electrons. The van der Waals surface area contributed by atoms with Crippen molar-refractivity contribution >= 4 is 0 Å². The highest BCUT2D eigenvalue weighted by Gasteiger charge is 2.06. The van der Waals surface area contributed by atoms with Gasteiger partial charge in [-0.1, -0.05) is 30.3 Å². The van der Waals surface area contributed by atoms with Crippen molar-refractivity contribution < 1.29 is 0 Å². The maximum atomic E-state index is 5.74. The smallest absolute Gasteiger partial charge is 0.0873 e. The molecule has 0 aliphatic carbocycles. The van der Waals surface area contributed by atoms with Gasteiger partial charge in [0.05, 0.1) is 18.1 Å². The molecule has 4 nitrogen and oxygen atoms in total. The molecule has 0 atom stereocenters. The van der Waals surface area contributed by atoms with E-state index >= 15 is 0 Å². The van der Waals surface area contributed by atoms with Gasteiger partial charge in [-0.25, -0.2) is 4.68 Å². The highest BCUT2D eigenvalue weighted by molar-refractivity contribution is 5.62. The average molecular weight is 250 g/mol. The fourth-order valence-corrected chi connectivity index (χ4v) is 2.03. The van der Waals surface area contributed by atoms with Crippen molar-refractivity contribution in [3.05, 3.63) is 66.7 Å². The van der Waals surface area contributed by atoms with Crippen LogP contribution in [0.25, 0.3) is 16.8 Å². The van der Waals surface area contributed by atoms with Gasteiger partial charge >= 0.3 is 0 Å². The summed E-state index contributed by atoms with van der Waals surface area (Å²) in [7, 11) is 0. The largest absolute Gasteiger partial charge is 0.326 e. The number of rotatable bonds is 3. The first-order valence-electron chi connectivity index (χ1n) is 6.12. The first kappa shape index (κ1) is 11.6. The minimum atomic E-state index is 0.471. The monoisotopic (exact) mass is 250 g/mol. The van der Waals surface area contributed by atoms with E-state index in [9.17, 15) is 0 Å². The second kappa shape index (κ2) is 5.04. The standard InChI is InChI=1S/C15H14N4/c16-8-13-6-7-17-10-15(13)19-11-14(9-18-19)12-4-2-1-3-5-12/h1-7,9-11H,8,16H2. The van der Waals surface area contributed by atoms with Crippen LogP contribution in [-0.4, -0.2) is 14.8 Å². The summed E-state index contributed by atoms with van der Waals surface area (Å²) in [5, 5.41) is 4.39. The summed E-state index contributed by atoms with van der Waals surface area (Å²) < 4.78 is 1.82. The SMILES string of the molecule is NCc1ccncc1-n1cc(-c2ccccc2)cn1. The Hall–Kier alpha value is -2.46. The van der Waals surface area contributed by atoms with Crippen LogP contribution in [0.4, 0.5) is 0 Å². The van der Waals surface area contributed by atoms with Crippen LogP contribution in [0.2, 0.25) is 0 Å². The van der Waals surface area contributed by atoms with Gasteiger partial charge in [-0.05, 0) is 17.2 Å². The van der Waals surface area contributed by atoms with Crippen LogP contribution in [0.15, 0.2) is 61.2 Å². The van der Waals surface area contributed by atoms with Crippen LogP contribution < -0.4 is 5.73 Å². The number of benzene rings is 1. The van der Waals surface area contributed by atoms with Crippen LogP contribution in [0.5, 0.6) is 0 Å². The quantitative estimate of drug-likeness (QED) is 0.776. The van der Waals surface area contributed by atoms with Crippen molar-refractivity contribution in [2.24, 2.45) is 5.73 Å². The topological polar surface area (TPSA) is 56.7 Å². The van der Waals surface area contributed by atoms with E-state index in [-0.39, 0.29) is 0 Å². The number of hydrogen-bond acceptors (Lipinski definition) is 3. The van der Waals surface area contributed by atoms with Crippen molar-refractivity contribution in [1.29, 1.82) is 0 Å². The molecule has 19 heavy (non-hydrogen) atoms. The van der Waals surface area contributed by atoms with Gasteiger partial charge in [0.15, 0.2) is 0 Å². The second-order valence-corrected chi connectivity index (χ2v) is 4.25. The van der Waals surface area contributed by atoms with Gasteiger partial charge in [0.25, 0.3) is 0 Å². The lowest BCUT2D eigenvalue weighted by atomic mass is 10.1. The molecule has 0 spiro atoms. The third-order valence-corrected chi connectivity index (χ3v) is 3.04. The molecule has 0 aliphatic rings. The van der Waals surface area contributed by atoms with E-state index in [1.807, 2.05) is 41.3 Å². The molecule has 3 rings (SSSR count). The molecule has 0 amide bonds. The number of nitrogens with two attached hydrogens (primary N) is 1. The molecule has 0 unspecified atom stereocenters. The lowest BCUT2D eigenvalue weighted by Crippen LogP contribution is -2.05. The summed E-state index contributed by atoms with van der Waals surface area (Å²) in [5.74, 6) is 0. The lowest BCUT2D eigenvalue weighted by Gasteiger charge is -2.06. The lowest BCUT2D eigenvalue weighted by molar-refractivity contribution is 0.851. The maximum absolute atomic E-state index is 5.74. The van der Waals surface area contributed by atoms with E-state index < -0.39 is 0 Å². The Balaban J connectivity index is 2.02. The fourth-order valence-electron chi connectivity index (χ4n) is 2.03. The number of nitrogens with zero attached hydrogens (tertiary/aromatic N) is 3. The van der Waals surface area contributed by atoms with Crippen molar-refractivity contribution in [2.45, 2.75) is 6.54 Å². The van der Waals surface area contributed by atoms with Crippen LogP contribution in [-0.2, 0) is 6.54 Å². The van der Waals surface area contributed by atoms with Gasteiger partial charge < -0.3 is 5.73 Å². The van der Waals surface area contributed by atoms with Crippen LogP contribution >= 0.6 is 0 Å². The zero-order chi connectivity index (χ0) is 13.1. The predicted molar refractivity (Wildman–Crippen MR) is 74.7 cm³/mol. The summed E-state index contributed by atoms with van der Waals surface area (Å²) in [5.41, 5.74) is 9.91. The Morgan fingerprint density at radius 3 is 2.63 bits per heavy atom. The van der Waals surface area contributed by atoms with Gasteiger partial charge in [-0.3, -0.25) is 4.98 Å². The van der Waals surface area contributed by atoms with Gasteiger partial charge in [0.1, 0.15) is 0 Å². The molecule has 0 fully saturated rings. The molecule has 0 saturated carbocycles. The molecule has 0 bridgehead atoms. The van der Waals surface area contributed by atoms with Crippen molar-refractivity contribution in [3.8, 4) is 16.8 Å². The van der Waals surface area contributed by atoms with Gasteiger partial charge in [0, 0.05) is 24.5 Å². The molecule has 2 N–H and O–H groups in total. The summed E-state index contributed by atoms with van der Waals surface area (Å²) in [4.78, 5) is 4.14. The Bertz CT molecular complexity index is 673. The van der Waals surface area contributed by atoms with E-state index in [0.717, 1.165) is 22.4 Å². The molecule has 3 aromatic rings. The van der Waals surface area contributed by atoms with E-state index in [1.165, 1.54) is 0 Å². The first-order chi connectivity index (χ1) is 9.38. The van der Waals surface area contributed by atoms with Crippen molar-refractivity contribution in [3.63, 3.8) is 0 Å². The number of hydrogen-bond donors (Lipinski definition) is 1. The first-order valence-corrected chi connectivity index (χ1v) is 6.12. The molecule has 4 heteroatoms. The Kier molecular flexibility index (Phi) is 3.08. The minimum Gasteiger partial charge on any atom is -0.326 e. The maximum Gasteiger partial charge on any atom is 0.0873 e. The fraction of sp³-hybridized carbons (Fsp3) is 0.0667. The van der Waals surface area contributed by atoms with Crippen molar-refractivity contribution in [2.75, 3.05) is 0 Å². The van der Waals surface area contributed by atoms with Gasteiger partial charge in [0.2, 0.25) is 0 Å². The summed E-state index contributed by atoms with van der Waals surface area (Å²) in [6, 6.07) is 12.1. The van der Waals surface area contributed by atoms with E-state index in [1.54, 1.807) is 12.4 Å². The molecule has 94 valence electrons. The van der Waals surface area contributed by atoms with E-state index in [2.05, 4.69) is 22.2 Å². The molecule has 0 saturated heterocycles. The Morgan fingerprint density at radius 2 is 1.84 bits per heavy atom. The Labute approximate surface area is 111 Å².